The van der Waals surface area contributed by atoms with Crippen molar-refractivity contribution in [2.24, 2.45) is 13.0 Å². The molecule has 3 aromatic rings. The molecule has 0 spiro atoms. The highest BCUT2D eigenvalue weighted by Gasteiger charge is 2.37. The SMILES string of the molecule is CC(C)[C@H](NCc1cnn(C)c1C(F)(F)F)c1nnc2ccccn12. The van der Waals surface area contributed by atoms with Gasteiger partial charge in [-0.05, 0) is 18.1 Å². The molecule has 25 heavy (non-hydrogen) atoms. The number of rotatable bonds is 5. The highest BCUT2D eigenvalue weighted by molar-refractivity contribution is 5.37. The molecular formula is C16H19F3N6. The number of aryl methyl sites for hydroxylation is 1. The number of nitrogens with one attached hydrogen (secondary N) is 1. The zero-order valence-electron chi connectivity index (χ0n) is 14.1. The fraction of sp³-hybridized carbons (Fsp3) is 0.438. The molecule has 0 fully saturated rings. The van der Waals surface area contributed by atoms with Gasteiger partial charge in [-0.1, -0.05) is 19.9 Å². The smallest absolute Gasteiger partial charge is 0.303 e. The molecule has 0 unspecified atom stereocenters. The van der Waals surface area contributed by atoms with Crippen molar-refractivity contribution in [3.05, 3.63) is 47.7 Å². The van der Waals surface area contributed by atoms with Crippen LogP contribution in [0.15, 0.2) is 30.6 Å². The minimum absolute atomic E-state index is 0.0350. The third-order valence-electron chi connectivity index (χ3n) is 4.08. The maximum atomic E-state index is 13.2. The highest BCUT2D eigenvalue weighted by Crippen LogP contribution is 2.32. The first-order chi connectivity index (χ1) is 11.8. The molecule has 1 N–H and O–H groups in total. The molecule has 0 saturated heterocycles. The van der Waals surface area contributed by atoms with E-state index < -0.39 is 11.9 Å². The lowest BCUT2D eigenvalue weighted by Gasteiger charge is -2.21. The van der Waals surface area contributed by atoms with Crippen molar-refractivity contribution < 1.29 is 13.2 Å². The molecule has 3 rings (SSSR count). The van der Waals surface area contributed by atoms with Crippen LogP contribution in [0.25, 0.3) is 5.65 Å². The molecule has 0 aliphatic heterocycles. The van der Waals surface area contributed by atoms with Gasteiger partial charge in [-0.3, -0.25) is 9.08 Å². The molecule has 0 radical (unpaired) electrons. The number of halogens is 3. The minimum Gasteiger partial charge on any atom is -0.303 e. The minimum atomic E-state index is -4.45. The molecule has 3 heterocycles. The number of aromatic nitrogens is 5. The van der Waals surface area contributed by atoms with Crippen LogP contribution >= 0.6 is 0 Å². The Morgan fingerprint density at radius 2 is 1.96 bits per heavy atom. The molecule has 6 nitrogen and oxygen atoms in total. The van der Waals surface area contributed by atoms with Crippen LogP contribution < -0.4 is 5.32 Å². The molecule has 0 amide bonds. The van der Waals surface area contributed by atoms with E-state index in [1.165, 1.54) is 13.2 Å². The van der Waals surface area contributed by atoms with Crippen LogP contribution in [0.5, 0.6) is 0 Å². The number of alkyl halides is 3. The maximum Gasteiger partial charge on any atom is 0.433 e. The van der Waals surface area contributed by atoms with Crippen LogP contribution in [0, 0.1) is 5.92 Å². The van der Waals surface area contributed by atoms with Crippen LogP contribution in [0.2, 0.25) is 0 Å². The van der Waals surface area contributed by atoms with Crippen molar-refractivity contribution in [3.8, 4) is 0 Å². The molecular weight excluding hydrogens is 333 g/mol. The number of pyridine rings is 1. The van der Waals surface area contributed by atoms with E-state index in [4.69, 9.17) is 0 Å². The van der Waals surface area contributed by atoms with Gasteiger partial charge in [0, 0.05) is 25.4 Å². The van der Waals surface area contributed by atoms with E-state index in [9.17, 15) is 13.2 Å². The largest absolute Gasteiger partial charge is 0.433 e. The number of fused-ring (bicyclic) bond motifs is 1. The number of nitrogens with zero attached hydrogens (tertiary/aromatic N) is 5. The Balaban J connectivity index is 1.88. The van der Waals surface area contributed by atoms with E-state index in [1.807, 2.05) is 42.6 Å². The van der Waals surface area contributed by atoms with E-state index in [0.717, 1.165) is 4.68 Å². The average molecular weight is 352 g/mol. The second-order valence-electron chi connectivity index (χ2n) is 6.23. The van der Waals surface area contributed by atoms with Crippen molar-refractivity contribution in [1.82, 2.24) is 29.7 Å². The standard InChI is InChI=1S/C16H19F3N6/c1-10(2)13(15-23-22-12-6-4-5-7-25(12)15)20-8-11-9-21-24(3)14(11)16(17,18)19/h4-7,9-10,13,20H,8H2,1-3H3/t13-/m0/s1. The molecule has 0 saturated carbocycles. The van der Waals surface area contributed by atoms with Gasteiger partial charge in [0.05, 0.1) is 12.2 Å². The normalized spacial score (nSPS) is 13.7. The predicted molar refractivity (Wildman–Crippen MR) is 85.6 cm³/mol. The summed E-state index contributed by atoms with van der Waals surface area (Å²) in [4.78, 5) is 0. The van der Waals surface area contributed by atoms with Crippen LogP contribution in [0.1, 0.15) is 37.0 Å². The maximum absolute atomic E-state index is 13.2. The van der Waals surface area contributed by atoms with E-state index in [0.29, 0.717) is 11.5 Å². The zero-order valence-corrected chi connectivity index (χ0v) is 14.1. The summed E-state index contributed by atoms with van der Waals surface area (Å²) in [6.45, 7) is 4.00. The van der Waals surface area contributed by atoms with Crippen LogP contribution in [-0.2, 0) is 19.8 Å². The summed E-state index contributed by atoms with van der Waals surface area (Å²) in [5.74, 6) is 0.779. The fourth-order valence-electron chi connectivity index (χ4n) is 2.89. The zero-order chi connectivity index (χ0) is 18.2. The lowest BCUT2D eigenvalue weighted by atomic mass is 10.0. The Kier molecular flexibility index (Phi) is 4.51. The van der Waals surface area contributed by atoms with Crippen molar-refractivity contribution in [3.63, 3.8) is 0 Å². The molecule has 9 heteroatoms. The van der Waals surface area contributed by atoms with E-state index >= 15 is 0 Å². The van der Waals surface area contributed by atoms with Gasteiger partial charge in [-0.15, -0.1) is 10.2 Å². The first kappa shape index (κ1) is 17.4. The molecule has 0 bridgehead atoms. The quantitative estimate of drug-likeness (QED) is 0.767. The van der Waals surface area contributed by atoms with E-state index in [2.05, 4.69) is 20.6 Å². The number of hydrogen-bond donors (Lipinski definition) is 1. The first-order valence-electron chi connectivity index (χ1n) is 7.90. The van der Waals surface area contributed by atoms with Crippen LogP contribution in [0.3, 0.4) is 0 Å². The van der Waals surface area contributed by atoms with Gasteiger partial charge in [0.1, 0.15) is 5.69 Å². The highest BCUT2D eigenvalue weighted by atomic mass is 19.4. The van der Waals surface area contributed by atoms with Crippen molar-refractivity contribution in [2.75, 3.05) is 0 Å². The second-order valence-corrected chi connectivity index (χ2v) is 6.23. The molecule has 1 atom stereocenters. The summed E-state index contributed by atoms with van der Waals surface area (Å²) in [6, 6.07) is 5.30. The lowest BCUT2D eigenvalue weighted by Crippen LogP contribution is -2.28. The Bertz CT molecular complexity index is 864. The molecule has 0 aromatic carbocycles. The Hall–Kier alpha value is -2.42. The monoisotopic (exact) mass is 352 g/mol. The summed E-state index contributed by atoms with van der Waals surface area (Å²) in [7, 11) is 1.29. The Labute approximate surface area is 142 Å². The lowest BCUT2D eigenvalue weighted by molar-refractivity contribution is -0.144. The van der Waals surface area contributed by atoms with Crippen molar-refractivity contribution >= 4 is 5.65 Å². The summed E-state index contributed by atoms with van der Waals surface area (Å²) in [6.07, 6.45) is -1.36. The van der Waals surface area contributed by atoms with Gasteiger partial charge in [0.15, 0.2) is 11.5 Å². The van der Waals surface area contributed by atoms with E-state index in [-0.39, 0.29) is 24.1 Å². The fourth-order valence-corrected chi connectivity index (χ4v) is 2.89. The molecule has 134 valence electrons. The average Bonchev–Trinajstić information content (AvgIpc) is 3.11. The summed E-state index contributed by atoms with van der Waals surface area (Å²) < 4.78 is 42.3. The van der Waals surface area contributed by atoms with Gasteiger partial charge in [0.2, 0.25) is 0 Å². The van der Waals surface area contributed by atoms with Crippen LogP contribution in [0.4, 0.5) is 13.2 Å². The molecule has 3 aromatic heterocycles. The summed E-state index contributed by atoms with van der Waals surface area (Å²) in [5.41, 5.74) is 0.0605. The first-order valence-corrected chi connectivity index (χ1v) is 7.90. The summed E-state index contributed by atoms with van der Waals surface area (Å²) in [5, 5.41) is 15.2. The topological polar surface area (TPSA) is 60.0 Å². The van der Waals surface area contributed by atoms with Gasteiger partial charge in [-0.25, -0.2) is 0 Å². The molecule has 0 aliphatic rings. The number of hydrogen-bond acceptors (Lipinski definition) is 4. The van der Waals surface area contributed by atoms with Crippen molar-refractivity contribution in [2.45, 2.75) is 32.6 Å². The Morgan fingerprint density at radius 3 is 2.64 bits per heavy atom. The second kappa shape index (κ2) is 6.47. The summed E-state index contributed by atoms with van der Waals surface area (Å²) >= 11 is 0. The Morgan fingerprint density at radius 1 is 1.20 bits per heavy atom. The van der Waals surface area contributed by atoms with Gasteiger partial charge in [0.25, 0.3) is 0 Å². The van der Waals surface area contributed by atoms with Gasteiger partial charge < -0.3 is 5.32 Å². The third kappa shape index (κ3) is 3.37. The molecule has 0 aliphatic carbocycles. The predicted octanol–water partition coefficient (Wildman–Crippen LogP) is 2.97. The van der Waals surface area contributed by atoms with Crippen molar-refractivity contribution in [1.29, 1.82) is 0 Å². The van der Waals surface area contributed by atoms with Crippen LogP contribution in [-0.4, -0.2) is 24.4 Å². The third-order valence-corrected chi connectivity index (χ3v) is 4.08. The van der Waals surface area contributed by atoms with Gasteiger partial charge in [-0.2, -0.15) is 18.3 Å². The van der Waals surface area contributed by atoms with Gasteiger partial charge >= 0.3 is 6.18 Å². The van der Waals surface area contributed by atoms with E-state index in [1.54, 1.807) is 0 Å².